The number of methoxy groups -OCH3 is 1. The lowest BCUT2D eigenvalue weighted by molar-refractivity contribution is 0.180. The molecule has 0 aromatic carbocycles. The maximum Gasteiger partial charge on any atom is 0.0945 e. The normalized spacial score (nSPS) is 17.3. The molecule has 1 saturated heterocycles. The van der Waals surface area contributed by atoms with Gasteiger partial charge in [-0.25, -0.2) is 4.98 Å². The summed E-state index contributed by atoms with van der Waals surface area (Å²) in [6.07, 6.45) is 3.71. The molecule has 1 aromatic rings. The zero-order chi connectivity index (χ0) is 13.9. The summed E-state index contributed by atoms with van der Waals surface area (Å²) in [5, 5.41) is 1.19. The summed E-state index contributed by atoms with van der Waals surface area (Å²) in [5.41, 5.74) is 6.90. The Kier molecular flexibility index (Phi) is 4.95. The van der Waals surface area contributed by atoms with Crippen LogP contribution in [-0.2, 0) is 23.3 Å². The van der Waals surface area contributed by atoms with Crippen LogP contribution in [0.2, 0.25) is 0 Å². The minimum absolute atomic E-state index is 0.336. The Hall–Kier alpha value is -0.490. The molecular formula is C14H25N3OS. The Bertz CT molecular complexity index is 405. The average Bonchev–Trinajstić information content (AvgIpc) is 2.94. The number of thiazole rings is 1. The maximum absolute atomic E-state index is 6.22. The van der Waals surface area contributed by atoms with E-state index in [1.165, 1.54) is 30.9 Å². The molecule has 4 nitrogen and oxygen atoms in total. The molecule has 5 heteroatoms. The second-order valence-electron chi connectivity index (χ2n) is 5.84. The third kappa shape index (κ3) is 3.99. The van der Waals surface area contributed by atoms with Crippen LogP contribution >= 0.6 is 11.3 Å². The van der Waals surface area contributed by atoms with Crippen LogP contribution in [0, 0.1) is 0 Å². The topological polar surface area (TPSA) is 51.4 Å². The Morgan fingerprint density at radius 1 is 1.37 bits per heavy atom. The van der Waals surface area contributed by atoms with Gasteiger partial charge in [0.15, 0.2) is 0 Å². The molecule has 1 aromatic heterocycles. The first kappa shape index (κ1) is 14.9. The van der Waals surface area contributed by atoms with Crippen molar-refractivity contribution in [3.8, 4) is 0 Å². The highest BCUT2D eigenvalue weighted by atomic mass is 32.1. The SMILES string of the molecule is COCc1nc(CCN2CCCC2)sc1C(C)(C)N. The second-order valence-corrected chi connectivity index (χ2v) is 6.92. The van der Waals surface area contributed by atoms with Gasteiger partial charge in [0, 0.05) is 30.5 Å². The Morgan fingerprint density at radius 2 is 2.05 bits per heavy atom. The minimum Gasteiger partial charge on any atom is -0.378 e. The summed E-state index contributed by atoms with van der Waals surface area (Å²) in [5.74, 6) is 0. The van der Waals surface area contributed by atoms with Crippen LogP contribution in [0.1, 0.15) is 42.3 Å². The zero-order valence-corrected chi connectivity index (χ0v) is 13.1. The molecule has 2 N–H and O–H groups in total. The summed E-state index contributed by atoms with van der Waals surface area (Å²) in [6, 6.07) is 0. The Morgan fingerprint density at radius 3 is 2.63 bits per heavy atom. The number of ether oxygens (including phenoxy) is 1. The van der Waals surface area contributed by atoms with E-state index in [9.17, 15) is 0 Å². The summed E-state index contributed by atoms with van der Waals surface area (Å²) in [4.78, 5) is 8.39. The molecule has 0 saturated carbocycles. The van der Waals surface area contributed by atoms with E-state index in [0.717, 1.165) is 23.5 Å². The molecule has 0 spiro atoms. The van der Waals surface area contributed by atoms with E-state index < -0.39 is 0 Å². The molecule has 1 aliphatic rings. The van der Waals surface area contributed by atoms with Crippen LogP contribution in [0.4, 0.5) is 0 Å². The molecular weight excluding hydrogens is 258 g/mol. The van der Waals surface area contributed by atoms with Crippen molar-refractivity contribution in [1.29, 1.82) is 0 Å². The molecule has 0 amide bonds. The van der Waals surface area contributed by atoms with Crippen LogP contribution in [0.5, 0.6) is 0 Å². The molecule has 108 valence electrons. The maximum atomic E-state index is 6.22. The molecule has 0 unspecified atom stereocenters. The molecule has 2 rings (SSSR count). The van der Waals surface area contributed by atoms with E-state index in [2.05, 4.69) is 4.90 Å². The smallest absolute Gasteiger partial charge is 0.0945 e. The highest BCUT2D eigenvalue weighted by molar-refractivity contribution is 7.11. The first-order valence-corrected chi connectivity index (χ1v) is 7.81. The zero-order valence-electron chi connectivity index (χ0n) is 12.2. The van der Waals surface area contributed by atoms with Gasteiger partial charge in [0.2, 0.25) is 0 Å². The fourth-order valence-electron chi connectivity index (χ4n) is 2.51. The van der Waals surface area contributed by atoms with Crippen molar-refractivity contribution in [3.63, 3.8) is 0 Å². The number of hydrogen-bond acceptors (Lipinski definition) is 5. The third-order valence-corrected chi connectivity index (χ3v) is 4.95. The van der Waals surface area contributed by atoms with Gasteiger partial charge in [0.25, 0.3) is 0 Å². The van der Waals surface area contributed by atoms with Crippen molar-refractivity contribution < 1.29 is 4.74 Å². The second kappa shape index (κ2) is 6.31. The van der Waals surface area contributed by atoms with Crippen molar-refractivity contribution in [2.75, 3.05) is 26.7 Å². The summed E-state index contributed by atoms with van der Waals surface area (Å²) in [6.45, 7) is 8.21. The lowest BCUT2D eigenvalue weighted by Crippen LogP contribution is -2.28. The first-order valence-electron chi connectivity index (χ1n) is 7.00. The predicted molar refractivity (Wildman–Crippen MR) is 79.4 cm³/mol. The fourth-order valence-corrected chi connectivity index (χ4v) is 3.58. The van der Waals surface area contributed by atoms with Crippen LogP contribution < -0.4 is 5.73 Å². The van der Waals surface area contributed by atoms with Gasteiger partial charge >= 0.3 is 0 Å². The number of rotatable bonds is 6. The Labute approximate surface area is 120 Å². The minimum atomic E-state index is -0.336. The van der Waals surface area contributed by atoms with Gasteiger partial charge in [0.05, 0.1) is 17.3 Å². The predicted octanol–water partition coefficient (Wildman–Crippen LogP) is 2.12. The van der Waals surface area contributed by atoms with E-state index in [4.69, 9.17) is 15.5 Å². The molecule has 0 atom stereocenters. The lowest BCUT2D eigenvalue weighted by Gasteiger charge is -2.17. The van der Waals surface area contributed by atoms with Gasteiger partial charge in [-0.05, 0) is 39.8 Å². The number of aromatic nitrogens is 1. The van der Waals surface area contributed by atoms with Gasteiger partial charge in [0.1, 0.15) is 0 Å². The van der Waals surface area contributed by atoms with E-state index in [0.29, 0.717) is 6.61 Å². The quantitative estimate of drug-likeness (QED) is 0.869. The number of nitrogens with two attached hydrogens (primary N) is 1. The van der Waals surface area contributed by atoms with Crippen molar-refractivity contribution in [2.45, 2.75) is 45.3 Å². The molecule has 1 aliphatic heterocycles. The van der Waals surface area contributed by atoms with Crippen molar-refractivity contribution in [2.24, 2.45) is 5.73 Å². The highest BCUT2D eigenvalue weighted by Gasteiger charge is 2.23. The van der Waals surface area contributed by atoms with Crippen molar-refractivity contribution in [1.82, 2.24) is 9.88 Å². The lowest BCUT2D eigenvalue weighted by atomic mass is 10.0. The molecule has 2 heterocycles. The first-order chi connectivity index (χ1) is 9.00. The van der Waals surface area contributed by atoms with Gasteiger partial charge < -0.3 is 15.4 Å². The highest BCUT2D eigenvalue weighted by Crippen LogP contribution is 2.29. The largest absolute Gasteiger partial charge is 0.378 e. The fraction of sp³-hybridized carbons (Fsp3) is 0.786. The molecule has 19 heavy (non-hydrogen) atoms. The molecule has 0 aliphatic carbocycles. The standard InChI is InChI=1S/C14H25N3OS/c1-14(2,15)13-11(10-18-3)16-12(19-13)6-9-17-7-4-5-8-17/h4-10,15H2,1-3H3. The van der Waals surface area contributed by atoms with Gasteiger partial charge in [-0.2, -0.15) is 0 Å². The van der Waals surface area contributed by atoms with Gasteiger partial charge in [-0.1, -0.05) is 0 Å². The van der Waals surface area contributed by atoms with Crippen LogP contribution in [0.25, 0.3) is 0 Å². The average molecular weight is 283 g/mol. The summed E-state index contributed by atoms with van der Waals surface area (Å²) >= 11 is 1.75. The monoisotopic (exact) mass is 283 g/mol. The molecule has 0 bridgehead atoms. The molecule has 1 fully saturated rings. The molecule has 0 radical (unpaired) electrons. The van der Waals surface area contributed by atoms with Gasteiger partial charge in [-0.3, -0.25) is 0 Å². The number of nitrogens with zero attached hydrogens (tertiary/aromatic N) is 2. The van der Waals surface area contributed by atoms with Crippen molar-refractivity contribution >= 4 is 11.3 Å². The number of hydrogen-bond donors (Lipinski definition) is 1. The van der Waals surface area contributed by atoms with Crippen molar-refractivity contribution in [3.05, 3.63) is 15.6 Å². The summed E-state index contributed by atoms with van der Waals surface area (Å²) < 4.78 is 5.23. The van der Waals surface area contributed by atoms with Crippen LogP contribution in [-0.4, -0.2) is 36.6 Å². The van der Waals surface area contributed by atoms with Gasteiger partial charge in [-0.15, -0.1) is 11.3 Å². The van der Waals surface area contributed by atoms with E-state index >= 15 is 0 Å². The van der Waals surface area contributed by atoms with E-state index in [1.54, 1.807) is 18.4 Å². The van der Waals surface area contributed by atoms with E-state index in [1.807, 2.05) is 13.8 Å². The van der Waals surface area contributed by atoms with Crippen LogP contribution in [0.3, 0.4) is 0 Å². The van der Waals surface area contributed by atoms with E-state index in [-0.39, 0.29) is 5.54 Å². The third-order valence-electron chi connectivity index (χ3n) is 3.45. The summed E-state index contributed by atoms with van der Waals surface area (Å²) in [7, 11) is 1.70. The Balaban J connectivity index is 2.04. The van der Waals surface area contributed by atoms with Crippen LogP contribution in [0.15, 0.2) is 0 Å². The number of likely N-dealkylation sites (tertiary alicyclic amines) is 1.